The lowest BCUT2D eigenvalue weighted by Crippen LogP contribution is -2.32. The van der Waals surface area contributed by atoms with E-state index < -0.39 is 0 Å². The summed E-state index contributed by atoms with van der Waals surface area (Å²) in [6.07, 6.45) is 8.40. The molecular formula is C16H26ClN. The zero-order valence-electron chi connectivity index (χ0n) is 11.4. The van der Waals surface area contributed by atoms with Crippen LogP contribution in [0.4, 0.5) is 0 Å². The smallest absolute Gasteiger partial charge is 0.0208 e. The molecule has 1 aliphatic carbocycles. The van der Waals surface area contributed by atoms with E-state index in [2.05, 4.69) is 42.6 Å². The molecule has 0 amide bonds. The van der Waals surface area contributed by atoms with Crippen molar-refractivity contribution in [3.63, 3.8) is 0 Å². The number of halogens is 1. The van der Waals surface area contributed by atoms with E-state index in [1.54, 1.807) is 0 Å². The number of benzene rings is 1. The molecule has 102 valence electrons. The van der Waals surface area contributed by atoms with Crippen LogP contribution in [0.3, 0.4) is 0 Å². The molecule has 0 aromatic heterocycles. The number of rotatable bonds is 5. The van der Waals surface area contributed by atoms with Crippen molar-refractivity contribution >= 4 is 12.4 Å². The van der Waals surface area contributed by atoms with Crippen molar-refractivity contribution in [2.75, 3.05) is 0 Å². The summed E-state index contributed by atoms with van der Waals surface area (Å²) in [7, 11) is 0. The summed E-state index contributed by atoms with van der Waals surface area (Å²) >= 11 is 0. The molecule has 0 saturated heterocycles. The average Bonchev–Trinajstić information content (AvgIpc) is 2.40. The molecule has 2 heteroatoms. The van der Waals surface area contributed by atoms with Crippen molar-refractivity contribution in [3.05, 3.63) is 35.9 Å². The van der Waals surface area contributed by atoms with Gasteiger partial charge in [-0.15, -0.1) is 12.4 Å². The highest BCUT2D eigenvalue weighted by molar-refractivity contribution is 5.85. The molecule has 1 saturated carbocycles. The Labute approximate surface area is 118 Å². The van der Waals surface area contributed by atoms with Crippen LogP contribution in [0.15, 0.2) is 30.3 Å². The average molecular weight is 268 g/mol. The van der Waals surface area contributed by atoms with Crippen LogP contribution in [0.25, 0.3) is 0 Å². The molecule has 0 radical (unpaired) electrons. The van der Waals surface area contributed by atoms with Gasteiger partial charge in [-0.25, -0.2) is 0 Å². The fraction of sp³-hybridized carbons (Fsp3) is 0.625. The van der Waals surface area contributed by atoms with Gasteiger partial charge in [0.1, 0.15) is 0 Å². The van der Waals surface area contributed by atoms with E-state index >= 15 is 0 Å². The molecule has 1 N–H and O–H groups in total. The number of nitrogens with one attached hydrogen (secondary N) is 1. The summed E-state index contributed by atoms with van der Waals surface area (Å²) in [5.74, 6) is 1.01. The Balaban J connectivity index is 0.00000162. The van der Waals surface area contributed by atoms with E-state index in [1.165, 1.54) is 44.1 Å². The molecule has 0 spiro atoms. The third-order valence-electron chi connectivity index (χ3n) is 3.98. The lowest BCUT2D eigenvalue weighted by Gasteiger charge is -2.29. The van der Waals surface area contributed by atoms with Crippen LogP contribution in [0.2, 0.25) is 0 Å². The molecular weight excluding hydrogens is 242 g/mol. The maximum atomic E-state index is 3.70. The van der Waals surface area contributed by atoms with E-state index in [9.17, 15) is 0 Å². The van der Waals surface area contributed by atoms with Crippen molar-refractivity contribution in [1.29, 1.82) is 0 Å². The Kier molecular flexibility index (Phi) is 7.38. The quantitative estimate of drug-likeness (QED) is 0.825. The fourth-order valence-electron chi connectivity index (χ4n) is 2.92. The first kappa shape index (κ1) is 15.5. The van der Waals surface area contributed by atoms with Crippen LogP contribution in [-0.4, -0.2) is 6.04 Å². The van der Waals surface area contributed by atoms with Crippen LogP contribution in [0.5, 0.6) is 0 Å². The van der Waals surface area contributed by atoms with Crippen molar-refractivity contribution in [2.24, 2.45) is 5.92 Å². The van der Waals surface area contributed by atoms with Gasteiger partial charge in [-0.2, -0.15) is 0 Å². The van der Waals surface area contributed by atoms with Gasteiger partial charge >= 0.3 is 0 Å². The van der Waals surface area contributed by atoms with Crippen LogP contribution in [0, 0.1) is 5.92 Å². The standard InChI is InChI=1S/C16H25N.ClH/c1-2-6-14-9-11-16(12-10-14)17-13-15-7-4-3-5-8-15;/h3-5,7-8,14,16-17H,2,6,9-13H2,1H3;1H. The lowest BCUT2D eigenvalue weighted by molar-refractivity contribution is 0.277. The molecule has 0 aliphatic heterocycles. The Morgan fingerprint density at radius 2 is 1.72 bits per heavy atom. The van der Waals surface area contributed by atoms with Gasteiger partial charge in [0.05, 0.1) is 0 Å². The van der Waals surface area contributed by atoms with Crippen LogP contribution in [-0.2, 0) is 6.54 Å². The summed E-state index contributed by atoms with van der Waals surface area (Å²) in [6, 6.07) is 11.5. The first-order chi connectivity index (χ1) is 8.38. The van der Waals surface area contributed by atoms with E-state index in [1.807, 2.05) is 0 Å². The highest BCUT2D eigenvalue weighted by Gasteiger charge is 2.19. The van der Waals surface area contributed by atoms with Crippen molar-refractivity contribution in [1.82, 2.24) is 5.32 Å². The lowest BCUT2D eigenvalue weighted by atomic mass is 9.83. The zero-order valence-corrected chi connectivity index (χ0v) is 12.2. The van der Waals surface area contributed by atoms with Gasteiger partial charge in [-0.1, -0.05) is 50.1 Å². The molecule has 1 aromatic rings. The zero-order chi connectivity index (χ0) is 11.9. The molecule has 0 atom stereocenters. The van der Waals surface area contributed by atoms with Gasteiger partial charge in [0.25, 0.3) is 0 Å². The first-order valence-corrected chi connectivity index (χ1v) is 7.15. The van der Waals surface area contributed by atoms with Crippen LogP contribution < -0.4 is 5.32 Å². The summed E-state index contributed by atoms with van der Waals surface area (Å²) in [5, 5.41) is 3.70. The molecule has 1 nitrogen and oxygen atoms in total. The largest absolute Gasteiger partial charge is 0.310 e. The molecule has 1 aliphatic rings. The normalized spacial score (nSPS) is 23.4. The predicted octanol–water partition coefficient (Wildman–Crippen LogP) is 4.56. The molecule has 1 aromatic carbocycles. The summed E-state index contributed by atoms with van der Waals surface area (Å²) in [6.45, 7) is 3.34. The minimum atomic E-state index is 0. The second-order valence-electron chi connectivity index (χ2n) is 5.37. The summed E-state index contributed by atoms with van der Waals surface area (Å²) in [4.78, 5) is 0. The molecule has 2 rings (SSSR count). The third-order valence-corrected chi connectivity index (χ3v) is 3.98. The topological polar surface area (TPSA) is 12.0 Å². The third kappa shape index (κ3) is 4.99. The summed E-state index contributed by atoms with van der Waals surface area (Å²) < 4.78 is 0. The van der Waals surface area contributed by atoms with Crippen LogP contribution in [0.1, 0.15) is 51.0 Å². The van der Waals surface area contributed by atoms with Crippen molar-refractivity contribution in [3.8, 4) is 0 Å². The number of hydrogen-bond donors (Lipinski definition) is 1. The molecule has 18 heavy (non-hydrogen) atoms. The fourth-order valence-corrected chi connectivity index (χ4v) is 2.92. The van der Waals surface area contributed by atoms with Gasteiger partial charge in [-0.3, -0.25) is 0 Å². The Morgan fingerprint density at radius 1 is 1.06 bits per heavy atom. The Hall–Kier alpha value is -0.530. The van der Waals surface area contributed by atoms with Gasteiger partial charge in [-0.05, 0) is 37.2 Å². The maximum absolute atomic E-state index is 3.70. The Morgan fingerprint density at radius 3 is 2.33 bits per heavy atom. The van der Waals surface area contributed by atoms with E-state index in [-0.39, 0.29) is 12.4 Å². The summed E-state index contributed by atoms with van der Waals surface area (Å²) in [5.41, 5.74) is 1.41. The molecule has 0 unspecified atom stereocenters. The van der Waals surface area contributed by atoms with Gasteiger partial charge < -0.3 is 5.32 Å². The second-order valence-corrected chi connectivity index (χ2v) is 5.37. The van der Waals surface area contributed by atoms with Gasteiger partial charge in [0, 0.05) is 12.6 Å². The first-order valence-electron chi connectivity index (χ1n) is 7.15. The van der Waals surface area contributed by atoms with Crippen LogP contribution >= 0.6 is 12.4 Å². The Bertz CT molecular complexity index is 304. The maximum Gasteiger partial charge on any atom is 0.0208 e. The van der Waals surface area contributed by atoms with E-state index in [0.29, 0.717) is 0 Å². The molecule has 1 fully saturated rings. The van der Waals surface area contributed by atoms with Gasteiger partial charge in [0.2, 0.25) is 0 Å². The monoisotopic (exact) mass is 267 g/mol. The van der Waals surface area contributed by atoms with Crippen molar-refractivity contribution in [2.45, 2.75) is 58.0 Å². The minimum Gasteiger partial charge on any atom is -0.310 e. The molecule has 0 bridgehead atoms. The SMILES string of the molecule is CCCC1CCC(NCc2ccccc2)CC1.Cl. The second kappa shape index (κ2) is 8.55. The minimum absolute atomic E-state index is 0. The molecule has 0 heterocycles. The predicted molar refractivity (Wildman–Crippen MR) is 81.2 cm³/mol. The van der Waals surface area contributed by atoms with Gasteiger partial charge in [0.15, 0.2) is 0 Å². The number of hydrogen-bond acceptors (Lipinski definition) is 1. The van der Waals surface area contributed by atoms with E-state index in [4.69, 9.17) is 0 Å². The highest BCUT2D eigenvalue weighted by atomic mass is 35.5. The highest BCUT2D eigenvalue weighted by Crippen LogP contribution is 2.27. The van der Waals surface area contributed by atoms with Crippen molar-refractivity contribution < 1.29 is 0 Å². The van der Waals surface area contributed by atoms with E-state index in [0.717, 1.165) is 18.5 Å².